The second-order valence-electron chi connectivity index (χ2n) is 8.73. The van der Waals surface area contributed by atoms with E-state index in [1.807, 2.05) is 29.2 Å². The van der Waals surface area contributed by atoms with Gasteiger partial charge in [0.25, 0.3) is 5.91 Å². The number of benzene rings is 2. The highest BCUT2D eigenvalue weighted by Crippen LogP contribution is 2.29. The molecule has 1 aliphatic carbocycles. The van der Waals surface area contributed by atoms with E-state index in [0.29, 0.717) is 28.0 Å². The Morgan fingerprint density at radius 2 is 1.70 bits per heavy atom. The number of anilines is 4. The van der Waals surface area contributed by atoms with Crippen LogP contribution in [0.15, 0.2) is 48.7 Å². The van der Waals surface area contributed by atoms with E-state index in [1.165, 1.54) is 30.4 Å². The van der Waals surface area contributed by atoms with Crippen molar-refractivity contribution in [3.8, 4) is 0 Å². The molecule has 3 aromatic rings. The molecule has 0 saturated carbocycles. The number of carbonyl (C=O) groups excluding carboxylic acids is 1. The van der Waals surface area contributed by atoms with Gasteiger partial charge in [-0.05, 0) is 73.9 Å². The number of likely N-dealkylation sites (tertiary alicyclic amines) is 1. The quantitative estimate of drug-likeness (QED) is 0.448. The summed E-state index contributed by atoms with van der Waals surface area (Å²) in [6.07, 6.45) is 9.72. The van der Waals surface area contributed by atoms with Gasteiger partial charge in [-0.2, -0.15) is 4.98 Å². The van der Waals surface area contributed by atoms with Crippen LogP contribution in [0, 0.1) is 0 Å². The number of para-hydroxylation sites is 1. The van der Waals surface area contributed by atoms with Crippen LogP contribution < -0.4 is 10.6 Å². The first-order valence-electron chi connectivity index (χ1n) is 11.7. The smallest absolute Gasteiger partial charge is 0.255 e. The molecule has 1 fully saturated rings. The molecule has 1 amide bonds. The van der Waals surface area contributed by atoms with Crippen LogP contribution in [-0.4, -0.2) is 33.9 Å². The van der Waals surface area contributed by atoms with Crippen molar-refractivity contribution < 1.29 is 4.79 Å². The summed E-state index contributed by atoms with van der Waals surface area (Å²) in [7, 11) is 0. The van der Waals surface area contributed by atoms with Gasteiger partial charge in [0.2, 0.25) is 5.95 Å². The zero-order valence-corrected chi connectivity index (χ0v) is 19.4. The lowest BCUT2D eigenvalue weighted by Crippen LogP contribution is -2.28. The summed E-state index contributed by atoms with van der Waals surface area (Å²) in [5.41, 5.74) is 5.12. The lowest BCUT2D eigenvalue weighted by atomic mass is 10.0. The van der Waals surface area contributed by atoms with E-state index in [2.05, 4.69) is 38.8 Å². The SMILES string of the molecule is O=C(c1ccccc1Nc1nc(Nc2ccc3c(c2)CCCCC3)ncc1Cl)N1CCCC1. The molecular formula is C26H28ClN5O. The van der Waals surface area contributed by atoms with Crippen molar-refractivity contribution in [1.29, 1.82) is 0 Å². The van der Waals surface area contributed by atoms with Crippen LogP contribution in [0.25, 0.3) is 0 Å². The van der Waals surface area contributed by atoms with Crippen molar-refractivity contribution in [2.75, 3.05) is 23.7 Å². The fourth-order valence-corrected chi connectivity index (χ4v) is 4.77. The third kappa shape index (κ3) is 4.96. The fourth-order valence-electron chi connectivity index (χ4n) is 4.63. The highest BCUT2D eigenvalue weighted by molar-refractivity contribution is 6.33. The molecule has 2 N–H and O–H groups in total. The van der Waals surface area contributed by atoms with E-state index in [1.54, 1.807) is 6.20 Å². The van der Waals surface area contributed by atoms with Crippen molar-refractivity contribution in [2.45, 2.75) is 44.9 Å². The Morgan fingerprint density at radius 1 is 0.909 bits per heavy atom. The molecule has 2 heterocycles. The zero-order valence-electron chi connectivity index (χ0n) is 18.6. The summed E-state index contributed by atoms with van der Waals surface area (Å²) in [4.78, 5) is 23.9. The minimum Gasteiger partial charge on any atom is -0.339 e. The maximum absolute atomic E-state index is 13.0. The maximum Gasteiger partial charge on any atom is 0.255 e. The number of rotatable bonds is 5. The Morgan fingerprint density at radius 3 is 2.55 bits per heavy atom. The molecular weight excluding hydrogens is 434 g/mol. The molecule has 1 aromatic heterocycles. The number of carbonyl (C=O) groups is 1. The number of fused-ring (bicyclic) bond motifs is 1. The molecule has 0 radical (unpaired) electrons. The lowest BCUT2D eigenvalue weighted by Gasteiger charge is -2.18. The molecule has 6 nitrogen and oxygen atoms in total. The number of nitrogens with one attached hydrogen (secondary N) is 2. The summed E-state index contributed by atoms with van der Waals surface area (Å²) in [5, 5.41) is 6.97. The highest BCUT2D eigenvalue weighted by Gasteiger charge is 2.22. The van der Waals surface area contributed by atoms with Crippen LogP contribution in [0.1, 0.15) is 53.6 Å². The first-order valence-corrected chi connectivity index (χ1v) is 12.1. The summed E-state index contributed by atoms with van der Waals surface area (Å²) in [5.74, 6) is 0.952. The van der Waals surface area contributed by atoms with Crippen molar-refractivity contribution in [3.05, 3.63) is 70.4 Å². The molecule has 7 heteroatoms. The standard InChI is InChI=1S/C26H28ClN5O/c27-22-17-28-26(29-20-13-12-18-8-2-1-3-9-19(18)16-20)31-24(22)30-23-11-5-4-10-21(23)25(33)32-14-6-7-15-32/h4-5,10-13,16-17H,1-3,6-9,14-15H2,(H2,28,29,30,31). The van der Waals surface area contributed by atoms with Gasteiger partial charge in [-0.3, -0.25) is 4.79 Å². The molecule has 1 aliphatic heterocycles. The maximum atomic E-state index is 13.0. The third-order valence-corrected chi connectivity index (χ3v) is 6.68. The summed E-state index contributed by atoms with van der Waals surface area (Å²) in [6.45, 7) is 1.60. The van der Waals surface area contributed by atoms with E-state index in [-0.39, 0.29) is 5.91 Å². The van der Waals surface area contributed by atoms with Crippen LogP contribution in [0.4, 0.5) is 23.1 Å². The number of aryl methyl sites for hydroxylation is 2. The monoisotopic (exact) mass is 461 g/mol. The molecule has 170 valence electrons. The predicted molar refractivity (Wildman–Crippen MR) is 133 cm³/mol. The molecule has 2 aromatic carbocycles. The van der Waals surface area contributed by atoms with Gasteiger partial charge in [0, 0.05) is 18.8 Å². The van der Waals surface area contributed by atoms with Crippen LogP contribution >= 0.6 is 11.6 Å². The Kier molecular flexibility index (Phi) is 6.44. The summed E-state index contributed by atoms with van der Waals surface area (Å²) in [6, 6.07) is 14.0. The van der Waals surface area contributed by atoms with E-state index in [0.717, 1.165) is 44.5 Å². The minimum atomic E-state index is 0.0316. The van der Waals surface area contributed by atoms with Crippen molar-refractivity contribution >= 4 is 40.6 Å². The van der Waals surface area contributed by atoms with E-state index in [9.17, 15) is 4.79 Å². The number of hydrogen-bond acceptors (Lipinski definition) is 5. The molecule has 1 saturated heterocycles. The van der Waals surface area contributed by atoms with Gasteiger partial charge in [0.05, 0.1) is 17.4 Å². The Balaban J connectivity index is 1.37. The number of halogens is 1. The van der Waals surface area contributed by atoms with Gasteiger partial charge in [-0.15, -0.1) is 0 Å². The van der Waals surface area contributed by atoms with Crippen molar-refractivity contribution in [3.63, 3.8) is 0 Å². The van der Waals surface area contributed by atoms with Crippen LogP contribution in [0.3, 0.4) is 0 Å². The molecule has 0 bridgehead atoms. The average molecular weight is 462 g/mol. The molecule has 5 rings (SSSR count). The number of hydrogen-bond donors (Lipinski definition) is 2. The molecule has 0 unspecified atom stereocenters. The normalized spacial score (nSPS) is 15.6. The fraction of sp³-hybridized carbons (Fsp3) is 0.346. The average Bonchev–Trinajstić information content (AvgIpc) is 3.27. The van der Waals surface area contributed by atoms with Crippen LogP contribution in [0.5, 0.6) is 0 Å². The topological polar surface area (TPSA) is 70.1 Å². The van der Waals surface area contributed by atoms with E-state index < -0.39 is 0 Å². The van der Waals surface area contributed by atoms with Crippen LogP contribution in [0.2, 0.25) is 5.02 Å². The summed E-state index contributed by atoms with van der Waals surface area (Å²) < 4.78 is 0. The lowest BCUT2D eigenvalue weighted by molar-refractivity contribution is 0.0794. The summed E-state index contributed by atoms with van der Waals surface area (Å²) >= 11 is 6.41. The molecule has 0 spiro atoms. The second kappa shape index (κ2) is 9.79. The van der Waals surface area contributed by atoms with Gasteiger partial charge in [0.1, 0.15) is 5.02 Å². The van der Waals surface area contributed by atoms with Gasteiger partial charge in [0.15, 0.2) is 5.82 Å². The number of amides is 1. The van der Waals surface area contributed by atoms with Gasteiger partial charge >= 0.3 is 0 Å². The van der Waals surface area contributed by atoms with Crippen molar-refractivity contribution in [2.24, 2.45) is 0 Å². The molecule has 33 heavy (non-hydrogen) atoms. The number of aromatic nitrogens is 2. The predicted octanol–water partition coefficient (Wildman–Crippen LogP) is 6.12. The number of nitrogens with zero attached hydrogens (tertiary/aromatic N) is 3. The Hall–Kier alpha value is -3.12. The van der Waals surface area contributed by atoms with E-state index in [4.69, 9.17) is 11.6 Å². The first-order chi connectivity index (χ1) is 16.2. The minimum absolute atomic E-state index is 0.0316. The first kappa shape index (κ1) is 21.7. The van der Waals surface area contributed by atoms with Crippen molar-refractivity contribution in [1.82, 2.24) is 14.9 Å². The Labute approximate surface area is 199 Å². The largest absolute Gasteiger partial charge is 0.339 e. The molecule has 0 atom stereocenters. The zero-order chi connectivity index (χ0) is 22.6. The third-order valence-electron chi connectivity index (χ3n) is 6.40. The molecule has 2 aliphatic rings. The van der Waals surface area contributed by atoms with Gasteiger partial charge < -0.3 is 15.5 Å². The van der Waals surface area contributed by atoms with Crippen LogP contribution in [-0.2, 0) is 12.8 Å². The highest BCUT2D eigenvalue weighted by atomic mass is 35.5. The van der Waals surface area contributed by atoms with Gasteiger partial charge in [-0.1, -0.05) is 36.2 Å². The van der Waals surface area contributed by atoms with Gasteiger partial charge in [-0.25, -0.2) is 4.98 Å². The van der Waals surface area contributed by atoms with E-state index >= 15 is 0 Å². The second-order valence-corrected chi connectivity index (χ2v) is 9.14. The Bertz CT molecular complexity index is 1160.